The predicted octanol–water partition coefficient (Wildman–Crippen LogP) is 4.09. The third-order valence-corrected chi connectivity index (χ3v) is 4.99. The predicted molar refractivity (Wildman–Crippen MR) is 94.5 cm³/mol. The van der Waals surface area contributed by atoms with Crippen LogP contribution < -0.4 is 4.74 Å². The van der Waals surface area contributed by atoms with Crippen molar-refractivity contribution in [3.63, 3.8) is 0 Å². The average Bonchev–Trinajstić information content (AvgIpc) is 2.59. The molecule has 0 aromatic heterocycles. The summed E-state index contributed by atoms with van der Waals surface area (Å²) < 4.78 is 12.3. The number of aryl methyl sites for hydroxylation is 2. The Morgan fingerprint density at radius 1 is 1.21 bits per heavy atom. The van der Waals surface area contributed by atoms with Gasteiger partial charge in [-0.25, -0.2) is 0 Å². The minimum absolute atomic E-state index is 0.302. The lowest BCUT2D eigenvalue weighted by Gasteiger charge is -2.40. The summed E-state index contributed by atoms with van der Waals surface area (Å²) in [6.07, 6.45) is 1.26. The number of fused-ring (bicyclic) bond motifs is 1. The van der Waals surface area contributed by atoms with Gasteiger partial charge < -0.3 is 9.47 Å². The molecule has 0 aliphatic carbocycles. The first-order valence-corrected chi connectivity index (χ1v) is 8.35. The number of benzene rings is 2. The molecule has 24 heavy (non-hydrogen) atoms. The van der Waals surface area contributed by atoms with E-state index in [1.165, 1.54) is 11.1 Å². The monoisotopic (exact) mass is 324 g/mol. The average molecular weight is 324 g/mol. The number of aldehydes is 1. The van der Waals surface area contributed by atoms with Crippen molar-refractivity contribution in [1.82, 2.24) is 0 Å². The van der Waals surface area contributed by atoms with E-state index in [4.69, 9.17) is 9.47 Å². The third-order valence-electron chi connectivity index (χ3n) is 4.99. The molecular formula is C21H24O3. The Morgan fingerprint density at radius 3 is 2.58 bits per heavy atom. The Morgan fingerprint density at radius 2 is 1.92 bits per heavy atom. The number of hydrogen-bond acceptors (Lipinski definition) is 3. The molecule has 2 unspecified atom stereocenters. The summed E-state index contributed by atoms with van der Waals surface area (Å²) >= 11 is 0. The van der Waals surface area contributed by atoms with Crippen molar-refractivity contribution in [2.75, 3.05) is 0 Å². The molecule has 0 spiro atoms. The number of hydrogen-bond donors (Lipinski definition) is 0. The lowest BCUT2D eigenvalue weighted by atomic mass is 9.86. The highest BCUT2D eigenvalue weighted by molar-refractivity contribution is 5.66. The highest BCUT2D eigenvalue weighted by Gasteiger charge is 2.43. The van der Waals surface area contributed by atoms with Crippen molar-refractivity contribution in [3.8, 4) is 5.75 Å². The second-order valence-corrected chi connectivity index (χ2v) is 6.84. The van der Waals surface area contributed by atoms with Crippen molar-refractivity contribution in [2.24, 2.45) is 0 Å². The highest BCUT2D eigenvalue weighted by atomic mass is 16.6. The van der Waals surface area contributed by atoms with Crippen LogP contribution in [0.4, 0.5) is 0 Å². The Labute approximate surface area is 143 Å². The molecule has 0 fully saturated rings. The maximum Gasteiger partial charge on any atom is 0.187 e. The van der Waals surface area contributed by atoms with Crippen molar-refractivity contribution in [3.05, 3.63) is 64.2 Å². The van der Waals surface area contributed by atoms with E-state index < -0.39 is 5.60 Å². The molecule has 2 aromatic carbocycles. The van der Waals surface area contributed by atoms with E-state index in [-0.39, 0.29) is 6.10 Å². The van der Waals surface area contributed by atoms with Gasteiger partial charge in [-0.15, -0.1) is 0 Å². The van der Waals surface area contributed by atoms with Crippen LogP contribution in [0.25, 0.3) is 0 Å². The van der Waals surface area contributed by atoms with Gasteiger partial charge in [-0.3, -0.25) is 4.79 Å². The van der Waals surface area contributed by atoms with Gasteiger partial charge >= 0.3 is 0 Å². The van der Waals surface area contributed by atoms with Gasteiger partial charge in [0.1, 0.15) is 11.9 Å². The van der Waals surface area contributed by atoms with Gasteiger partial charge in [0.2, 0.25) is 0 Å². The maximum absolute atomic E-state index is 11.8. The second-order valence-electron chi connectivity index (χ2n) is 6.84. The lowest BCUT2D eigenvalue weighted by Crippen LogP contribution is -2.52. The summed E-state index contributed by atoms with van der Waals surface area (Å²) in [5.74, 6) is 0.849. The first-order valence-electron chi connectivity index (χ1n) is 8.35. The molecule has 1 heterocycles. The highest BCUT2D eigenvalue weighted by Crippen LogP contribution is 2.39. The molecule has 126 valence electrons. The molecule has 1 aliphatic rings. The Hall–Kier alpha value is -2.13. The van der Waals surface area contributed by atoms with E-state index >= 15 is 0 Å². The SMILES string of the molecule is Cc1cc(C)c2c(c1C)OC(C)(C=O)C(OCc1ccccc1)C2. The van der Waals surface area contributed by atoms with Crippen LogP contribution in [-0.4, -0.2) is 18.0 Å². The standard InChI is InChI=1S/C21H24O3/c1-14-10-15(2)18-11-19(23-12-17-8-6-5-7-9-17)21(4,13-22)24-20(18)16(14)3/h5-10,13,19H,11-12H2,1-4H3. The minimum Gasteiger partial charge on any atom is -0.477 e. The maximum atomic E-state index is 11.8. The summed E-state index contributed by atoms with van der Waals surface area (Å²) in [4.78, 5) is 11.8. The topological polar surface area (TPSA) is 35.5 Å². The molecule has 0 bridgehead atoms. The zero-order valence-electron chi connectivity index (χ0n) is 14.8. The number of ether oxygens (including phenoxy) is 2. The first kappa shape index (κ1) is 16.7. The van der Waals surface area contributed by atoms with Crippen molar-refractivity contribution >= 4 is 6.29 Å². The third kappa shape index (κ3) is 2.96. The molecule has 2 aromatic rings. The molecule has 0 N–H and O–H groups in total. The number of rotatable bonds is 4. The summed E-state index contributed by atoms with van der Waals surface area (Å²) in [6.45, 7) is 8.49. The van der Waals surface area contributed by atoms with E-state index in [1.807, 2.05) is 44.2 Å². The molecule has 3 heteroatoms. The molecule has 0 amide bonds. The van der Waals surface area contributed by atoms with Crippen molar-refractivity contribution in [1.29, 1.82) is 0 Å². The molecule has 3 rings (SSSR count). The molecular weight excluding hydrogens is 300 g/mol. The molecule has 0 saturated carbocycles. The van der Waals surface area contributed by atoms with Crippen LogP contribution in [0.5, 0.6) is 5.75 Å². The van der Waals surface area contributed by atoms with Crippen LogP contribution in [-0.2, 0) is 22.6 Å². The van der Waals surface area contributed by atoms with Crippen molar-refractivity contribution < 1.29 is 14.3 Å². The van der Waals surface area contributed by atoms with Crippen LogP contribution in [0, 0.1) is 20.8 Å². The van der Waals surface area contributed by atoms with E-state index in [1.54, 1.807) is 0 Å². The first-order chi connectivity index (χ1) is 11.4. The zero-order chi connectivity index (χ0) is 17.3. The summed E-state index contributed by atoms with van der Waals surface area (Å²) in [6, 6.07) is 12.2. The van der Waals surface area contributed by atoms with Crippen LogP contribution in [0.15, 0.2) is 36.4 Å². The van der Waals surface area contributed by atoms with Gasteiger partial charge in [-0.05, 0) is 49.9 Å². The van der Waals surface area contributed by atoms with Crippen LogP contribution >= 0.6 is 0 Å². The fourth-order valence-corrected chi connectivity index (χ4v) is 3.27. The minimum atomic E-state index is -0.966. The lowest BCUT2D eigenvalue weighted by molar-refractivity contribution is -0.140. The second kappa shape index (κ2) is 6.40. The van der Waals surface area contributed by atoms with Gasteiger partial charge in [0.15, 0.2) is 11.9 Å². The van der Waals surface area contributed by atoms with Gasteiger partial charge in [0, 0.05) is 12.0 Å². The van der Waals surface area contributed by atoms with Gasteiger partial charge in [0.25, 0.3) is 0 Å². The zero-order valence-corrected chi connectivity index (χ0v) is 14.8. The summed E-state index contributed by atoms with van der Waals surface area (Å²) in [5, 5.41) is 0. The smallest absolute Gasteiger partial charge is 0.187 e. The largest absolute Gasteiger partial charge is 0.477 e. The van der Waals surface area contributed by atoms with Crippen molar-refractivity contribution in [2.45, 2.75) is 52.4 Å². The molecule has 2 atom stereocenters. The molecule has 3 nitrogen and oxygen atoms in total. The Balaban J connectivity index is 1.90. The van der Waals surface area contributed by atoms with Crippen LogP contribution in [0.3, 0.4) is 0 Å². The molecule has 0 saturated heterocycles. The number of carbonyl (C=O) groups is 1. The van der Waals surface area contributed by atoms with E-state index in [0.29, 0.717) is 13.0 Å². The van der Waals surface area contributed by atoms with Gasteiger partial charge in [-0.1, -0.05) is 36.4 Å². The van der Waals surface area contributed by atoms with E-state index in [2.05, 4.69) is 19.9 Å². The van der Waals surface area contributed by atoms with E-state index in [0.717, 1.165) is 28.7 Å². The fourth-order valence-electron chi connectivity index (χ4n) is 3.27. The summed E-state index contributed by atoms with van der Waals surface area (Å²) in [5.41, 5.74) is 4.75. The number of carbonyl (C=O) groups excluding carboxylic acids is 1. The Bertz CT molecular complexity index is 751. The van der Waals surface area contributed by atoms with Crippen LogP contribution in [0.2, 0.25) is 0 Å². The quantitative estimate of drug-likeness (QED) is 0.795. The van der Waals surface area contributed by atoms with E-state index in [9.17, 15) is 4.79 Å². The Kier molecular flexibility index (Phi) is 4.46. The van der Waals surface area contributed by atoms with Gasteiger partial charge in [0.05, 0.1) is 6.61 Å². The summed E-state index contributed by atoms with van der Waals surface area (Å²) in [7, 11) is 0. The normalized spacial score (nSPS) is 22.6. The van der Waals surface area contributed by atoms with Gasteiger partial charge in [-0.2, -0.15) is 0 Å². The molecule has 0 radical (unpaired) electrons. The fraction of sp³-hybridized carbons (Fsp3) is 0.381. The molecule has 1 aliphatic heterocycles. The van der Waals surface area contributed by atoms with Crippen LogP contribution in [0.1, 0.15) is 34.7 Å².